The number of hydrogen-bond donors (Lipinski definition) is 1. The van der Waals surface area contributed by atoms with E-state index in [1.807, 2.05) is 61.5 Å². The van der Waals surface area contributed by atoms with Crippen molar-refractivity contribution in [1.82, 2.24) is 4.98 Å². The van der Waals surface area contributed by atoms with E-state index in [0.29, 0.717) is 6.42 Å². The van der Waals surface area contributed by atoms with E-state index < -0.39 is 0 Å². The zero-order chi connectivity index (χ0) is 14.7. The van der Waals surface area contributed by atoms with Crippen molar-refractivity contribution in [1.29, 1.82) is 0 Å². The number of hydrogen-bond acceptors (Lipinski definition) is 2. The Hall–Kier alpha value is -2.68. The van der Waals surface area contributed by atoms with Gasteiger partial charge < -0.3 is 5.32 Å². The highest BCUT2D eigenvalue weighted by atomic mass is 16.1. The summed E-state index contributed by atoms with van der Waals surface area (Å²) in [4.78, 5) is 16.6. The van der Waals surface area contributed by atoms with E-state index >= 15 is 0 Å². The Balaban J connectivity index is 1.82. The summed E-state index contributed by atoms with van der Waals surface area (Å²) in [5.74, 6) is -0.0255. The fourth-order valence-electron chi connectivity index (χ4n) is 2.39. The third kappa shape index (κ3) is 2.92. The lowest BCUT2D eigenvalue weighted by molar-refractivity contribution is -0.115. The molecular formula is C18H16N2O. The van der Waals surface area contributed by atoms with Gasteiger partial charge >= 0.3 is 0 Å². The summed E-state index contributed by atoms with van der Waals surface area (Å²) in [6.45, 7) is 1.98. The summed E-state index contributed by atoms with van der Waals surface area (Å²) in [7, 11) is 0. The average molecular weight is 276 g/mol. The van der Waals surface area contributed by atoms with Crippen molar-refractivity contribution in [3.8, 4) is 0 Å². The van der Waals surface area contributed by atoms with Crippen LogP contribution in [0.25, 0.3) is 10.9 Å². The van der Waals surface area contributed by atoms with Crippen molar-refractivity contribution < 1.29 is 4.79 Å². The van der Waals surface area contributed by atoms with Gasteiger partial charge in [-0.1, -0.05) is 42.5 Å². The van der Waals surface area contributed by atoms with E-state index in [9.17, 15) is 4.79 Å². The second-order valence-corrected chi connectivity index (χ2v) is 5.03. The molecule has 3 nitrogen and oxygen atoms in total. The number of fused-ring (bicyclic) bond motifs is 1. The maximum atomic E-state index is 12.2. The van der Waals surface area contributed by atoms with E-state index in [0.717, 1.165) is 27.7 Å². The quantitative estimate of drug-likeness (QED) is 0.792. The standard InChI is InChI=1S/C18H16N2O/c1-13-6-2-3-10-16(13)20-17(21)12-15-8-4-7-14-9-5-11-19-18(14)15/h2-11H,12H2,1H3,(H,20,21). The first-order chi connectivity index (χ1) is 10.2. The molecule has 0 saturated heterocycles. The van der Waals surface area contributed by atoms with E-state index in [1.54, 1.807) is 6.20 Å². The van der Waals surface area contributed by atoms with Crippen LogP contribution in [0, 0.1) is 6.92 Å². The van der Waals surface area contributed by atoms with Gasteiger partial charge in [-0.25, -0.2) is 0 Å². The van der Waals surface area contributed by atoms with Crippen molar-refractivity contribution >= 4 is 22.5 Å². The first-order valence-electron chi connectivity index (χ1n) is 6.92. The first-order valence-corrected chi connectivity index (χ1v) is 6.92. The minimum atomic E-state index is -0.0255. The summed E-state index contributed by atoms with van der Waals surface area (Å²) in [5, 5.41) is 4.01. The van der Waals surface area contributed by atoms with Crippen LogP contribution in [0.5, 0.6) is 0 Å². The molecule has 1 aromatic heterocycles. The number of pyridine rings is 1. The van der Waals surface area contributed by atoms with Crippen LogP contribution in [0.15, 0.2) is 60.8 Å². The van der Waals surface area contributed by atoms with Crippen molar-refractivity contribution in [2.45, 2.75) is 13.3 Å². The van der Waals surface area contributed by atoms with Crippen LogP contribution in [-0.2, 0) is 11.2 Å². The van der Waals surface area contributed by atoms with Crippen LogP contribution in [0.2, 0.25) is 0 Å². The molecule has 0 unspecified atom stereocenters. The van der Waals surface area contributed by atoms with Gasteiger partial charge in [0.15, 0.2) is 0 Å². The molecule has 1 amide bonds. The minimum absolute atomic E-state index is 0.0255. The van der Waals surface area contributed by atoms with Crippen LogP contribution in [0.4, 0.5) is 5.69 Å². The number of rotatable bonds is 3. The van der Waals surface area contributed by atoms with Crippen molar-refractivity contribution in [3.63, 3.8) is 0 Å². The number of amides is 1. The Bertz CT molecular complexity index is 791. The summed E-state index contributed by atoms with van der Waals surface area (Å²) in [5.41, 5.74) is 3.75. The fourth-order valence-corrected chi connectivity index (χ4v) is 2.39. The molecule has 0 aliphatic rings. The number of nitrogens with one attached hydrogen (secondary N) is 1. The highest BCUT2D eigenvalue weighted by Crippen LogP contribution is 2.18. The van der Waals surface area contributed by atoms with Gasteiger partial charge in [0, 0.05) is 17.3 Å². The second kappa shape index (κ2) is 5.75. The predicted octanol–water partition coefficient (Wildman–Crippen LogP) is 3.72. The average Bonchev–Trinajstić information content (AvgIpc) is 2.50. The Morgan fingerprint density at radius 3 is 2.71 bits per heavy atom. The number of aryl methyl sites for hydroxylation is 1. The van der Waals surface area contributed by atoms with Crippen LogP contribution >= 0.6 is 0 Å². The van der Waals surface area contributed by atoms with E-state index in [-0.39, 0.29) is 5.91 Å². The second-order valence-electron chi connectivity index (χ2n) is 5.03. The monoisotopic (exact) mass is 276 g/mol. The van der Waals surface area contributed by atoms with E-state index in [4.69, 9.17) is 0 Å². The Morgan fingerprint density at radius 1 is 1.05 bits per heavy atom. The Labute approximate surface area is 123 Å². The molecule has 0 fully saturated rings. The summed E-state index contributed by atoms with van der Waals surface area (Å²) >= 11 is 0. The maximum Gasteiger partial charge on any atom is 0.228 e. The van der Waals surface area contributed by atoms with E-state index in [2.05, 4.69) is 10.3 Å². The van der Waals surface area contributed by atoms with Crippen LogP contribution in [-0.4, -0.2) is 10.9 Å². The Kier molecular flexibility index (Phi) is 3.65. The molecule has 21 heavy (non-hydrogen) atoms. The van der Waals surface area contributed by atoms with Gasteiger partial charge in [-0.15, -0.1) is 0 Å². The lowest BCUT2D eigenvalue weighted by Gasteiger charge is -2.09. The zero-order valence-corrected chi connectivity index (χ0v) is 11.8. The molecule has 2 aromatic carbocycles. The van der Waals surface area contributed by atoms with Crippen LogP contribution < -0.4 is 5.32 Å². The highest BCUT2D eigenvalue weighted by molar-refractivity contribution is 5.95. The molecule has 0 atom stereocenters. The molecule has 0 saturated carbocycles. The summed E-state index contributed by atoms with van der Waals surface area (Å²) in [6, 6.07) is 17.6. The van der Waals surface area contributed by atoms with Crippen molar-refractivity contribution in [2.75, 3.05) is 5.32 Å². The van der Waals surface area contributed by atoms with Gasteiger partial charge in [0.2, 0.25) is 5.91 Å². The number of para-hydroxylation sites is 2. The van der Waals surface area contributed by atoms with E-state index in [1.165, 1.54) is 0 Å². The molecule has 0 bridgehead atoms. The topological polar surface area (TPSA) is 42.0 Å². The highest BCUT2D eigenvalue weighted by Gasteiger charge is 2.08. The first kappa shape index (κ1) is 13.3. The third-order valence-electron chi connectivity index (χ3n) is 3.49. The summed E-state index contributed by atoms with van der Waals surface area (Å²) < 4.78 is 0. The van der Waals surface area contributed by atoms with Crippen LogP contribution in [0.1, 0.15) is 11.1 Å². The molecule has 104 valence electrons. The molecule has 0 aliphatic carbocycles. The van der Waals surface area contributed by atoms with Gasteiger partial charge in [-0.05, 0) is 30.2 Å². The predicted molar refractivity (Wildman–Crippen MR) is 85.3 cm³/mol. The lowest BCUT2D eigenvalue weighted by atomic mass is 10.1. The number of aromatic nitrogens is 1. The smallest absolute Gasteiger partial charge is 0.228 e. The molecule has 1 N–H and O–H groups in total. The van der Waals surface area contributed by atoms with Gasteiger partial charge in [-0.3, -0.25) is 9.78 Å². The third-order valence-corrected chi connectivity index (χ3v) is 3.49. The number of benzene rings is 2. The van der Waals surface area contributed by atoms with Gasteiger partial charge in [0.25, 0.3) is 0 Å². The van der Waals surface area contributed by atoms with Crippen molar-refractivity contribution in [3.05, 3.63) is 71.9 Å². The van der Waals surface area contributed by atoms with Crippen molar-refractivity contribution in [2.24, 2.45) is 0 Å². The molecular weight excluding hydrogens is 260 g/mol. The largest absolute Gasteiger partial charge is 0.326 e. The SMILES string of the molecule is Cc1ccccc1NC(=O)Cc1cccc2cccnc12. The van der Waals surface area contributed by atoms with Gasteiger partial charge in [0.05, 0.1) is 11.9 Å². The van der Waals surface area contributed by atoms with Gasteiger partial charge in [0.1, 0.15) is 0 Å². The number of nitrogens with zero attached hydrogens (tertiary/aromatic N) is 1. The van der Waals surface area contributed by atoms with Gasteiger partial charge in [-0.2, -0.15) is 0 Å². The molecule has 3 aromatic rings. The molecule has 0 radical (unpaired) electrons. The fraction of sp³-hybridized carbons (Fsp3) is 0.111. The molecule has 0 aliphatic heterocycles. The summed E-state index contributed by atoms with van der Waals surface area (Å²) in [6.07, 6.45) is 2.08. The number of carbonyl (C=O) groups is 1. The normalized spacial score (nSPS) is 10.5. The zero-order valence-electron chi connectivity index (χ0n) is 11.8. The molecule has 0 spiro atoms. The molecule has 1 heterocycles. The lowest BCUT2D eigenvalue weighted by Crippen LogP contribution is -2.15. The number of anilines is 1. The molecule has 3 heteroatoms. The number of carbonyl (C=O) groups excluding carboxylic acids is 1. The molecule has 3 rings (SSSR count). The minimum Gasteiger partial charge on any atom is -0.326 e. The van der Waals surface area contributed by atoms with Crippen LogP contribution in [0.3, 0.4) is 0 Å². The maximum absolute atomic E-state index is 12.2. The Morgan fingerprint density at radius 2 is 1.86 bits per heavy atom.